The number of anilines is 1. The number of aryl methyl sites for hydroxylation is 1. The number of imidazole rings is 1. The Balaban J connectivity index is 0.732. The van der Waals surface area contributed by atoms with E-state index in [4.69, 9.17) is 72.5 Å². The Morgan fingerprint density at radius 3 is 1.42 bits per heavy atom. The van der Waals surface area contributed by atoms with Crippen molar-refractivity contribution in [3.05, 3.63) is 41.7 Å². The number of hydrogen-bond acceptors (Lipinski definition) is 21. The molecule has 4 N–H and O–H groups in total. The van der Waals surface area contributed by atoms with E-state index in [0.717, 1.165) is 73.4 Å². The third-order valence-corrected chi connectivity index (χ3v) is 12.6. The van der Waals surface area contributed by atoms with Crippen LogP contribution in [-0.4, -0.2) is 262 Å². The van der Waals surface area contributed by atoms with Crippen LogP contribution in [0.15, 0.2) is 30.4 Å². The van der Waals surface area contributed by atoms with E-state index in [2.05, 4.69) is 28.0 Å². The molecule has 0 saturated carbocycles. The molecule has 0 radical (unpaired) electrons. The van der Waals surface area contributed by atoms with Gasteiger partial charge in [-0.25, -0.2) is 9.97 Å². The van der Waals surface area contributed by atoms with Crippen LogP contribution >= 0.6 is 0 Å². The summed E-state index contributed by atoms with van der Waals surface area (Å²) in [6.07, 6.45) is 4.48. The number of nitrogen functional groups attached to an aromatic ring is 1. The maximum absolute atomic E-state index is 11.5. The second kappa shape index (κ2) is 37.9. The molecule has 0 bridgehead atoms. The number of rotatable bonds is 47. The van der Waals surface area contributed by atoms with Crippen LogP contribution in [0.4, 0.5) is 5.82 Å². The number of nitrogens with two attached hydrogens (primary N) is 1. The molecular weight excluding hydrogens is 991 g/mol. The second-order valence-electron chi connectivity index (χ2n) is 18.6. The van der Waals surface area contributed by atoms with Crippen molar-refractivity contribution in [1.82, 2.24) is 29.2 Å². The Morgan fingerprint density at radius 2 is 0.987 bits per heavy atom. The Hall–Kier alpha value is -3.86. The monoisotopic (exact) mass is 1080 g/mol. The maximum atomic E-state index is 11.5. The zero-order chi connectivity index (χ0) is 53.9. The molecule has 1 fully saturated rings. The van der Waals surface area contributed by atoms with Gasteiger partial charge in [0.05, 0.1) is 176 Å². The van der Waals surface area contributed by atoms with E-state index in [9.17, 15) is 19.8 Å². The van der Waals surface area contributed by atoms with E-state index in [1.165, 1.54) is 17.7 Å². The number of aliphatic hydroxyl groups is 2. The van der Waals surface area contributed by atoms with Gasteiger partial charge in [0.25, 0.3) is 11.8 Å². The molecule has 0 aliphatic carbocycles. The van der Waals surface area contributed by atoms with Gasteiger partial charge in [-0.1, -0.05) is 19.1 Å². The van der Waals surface area contributed by atoms with Crippen LogP contribution in [0.25, 0.3) is 21.9 Å². The topological polar surface area (TPSA) is 252 Å². The summed E-state index contributed by atoms with van der Waals surface area (Å²) in [5, 5.41) is 21.1. The highest BCUT2D eigenvalue weighted by molar-refractivity contribution is 6.12. The lowest BCUT2D eigenvalue weighted by Crippen LogP contribution is -2.47. The third-order valence-electron chi connectivity index (χ3n) is 12.6. The summed E-state index contributed by atoms with van der Waals surface area (Å²) in [5.74, 6) is 0.425. The van der Waals surface area contributed by atoms with Crippen LogP contribution < -0.4 is 5.73 Å². The van der Waals surface area contributed by atoms with Crippen molar-refractivity contribution in [1.29, 1.82) is 0 Å². The standard InChI is InChI=1S/C53H87N7O16/c1-3-65-40-47-56-50-51(60(47)41-53(2,42-61)43-62)45-7-6-44(39-46(45)55-52(50)54)5-4-10-57-11-13-58(14-12-57)15-17-66-19-21-68-23-25-70-27-29-72-31-33-74-35-37-76-38-36-75-34-32-73-30-28-71-26-24-69-22-20-67-18-16-59-48(63)8-9-49(59)64/h6-9,39,61-62H,3-5,10-38,40-43H2,1-2H3,(H2,54,55). The third kappa shape index (κ3) is 23.6. The number of carbonyl (C=O) groups is 2. The number of carbonyl (C=O) groups excluding carboxylic acids is 2. The zero-order valence-electron chi connectivity index (χ0n) is 45.2. The molecule has 2 aliphatic rings. The lowest BCUT2D eigenvalue weighted by molar-refractivity contribution is -0.137. The minimum Gasteiger partial charge on any atom is -0.396 e. The Morgan fingerprint density at radius 1 is 0.566 bits per heavy atom. The Labute approximate surface area is 448 Å². The molecule has 23 nitrogen and oxygen atoms in total. The molecule has 1 aromatic carbocycles. The van der Waals surface area contributed by atoms with Crippen molar-refractivity contribution >= 4 is 39.6 Å². The van der Waals surface area contributed by atoms with Crippen LogP contribution in [0, 0.1) is 5.41 Å². The molecule has 4 heterocycles. The Bertz CT molecular complexity index is 2070. The molecule has 0 atom stereocenters. The highest BCUT2D eigenvalue weighted by Gasteiger charge is 2.28. The number of amides is 2. The predicted octanol–water partition coefficient (Wildman–Crippen LogP) is 1.35. The van der Waals surface area contributed by atoms with Gasteiger partial charge in [-0.2, -0.15) is 0 Å². The van der Waals surface area contributed by atoms with Gasteiger partial charge >= 0.3 is 0 Å². The average molecular weight is 1080 g/mol. The van der Waals surface area contributed by atoms with Gasteiger partial charge in [-0.15, -0.1) is 0 Å². The minimum absolute atomic E-state index is 0.173. The first-order valence-electron chi connectivity index (χ1n) is 26.9. The average Bonchev–Trinajstić information content (AvgIpc) is 3.97. The van der Waals surface area contributed by atoms with Crippen molar-refractivity contribution in [3.8, 4) is 0 Å². The highest BCUT2D eigenvalue weighted by atomic mass is 16.6. The SMILES string of the molecule is CCOCc1nc2c(N)nc3cc(CCCN4CCN(CCOCCOCCOCCOCCOCCOCCOCCOCCOCCOCCOCCN5C(=O)C=CC5=O)CC4)ccc3c2n1CC(C)(CO)CO. The number of piperazine rings is 1. The summed E-state index contributed by atoms with van der Waals surface area (Å²) in [7, 11) is 0. The maximum Gasteiger partial charge on any atom is 0.253 e. The number of aliphatic hydroxyl groups excluding tert-OH is 2. The summed E-state index contributed by atoms with van der Waals surface area (Å²) in [6, 6.07) is 6.37. The lowest BCUT2D eigenvalue weighted by Gasteiger charge is -2.34. The van der Waals surface area contributed by atoms with E-state index < -0.39 is 5.41 Å². The molecule has 76 heavy (non-hydrogen) atoms. The van der Waals surface area contributed by atoms with Crippen LogP contribution in [0.1, 0.15) is 31.7 Å². The molecule has 2 aromatic heterocycles. The molecule has 2 aliphatic heterocycles. The number of hydrogen-bond donors (Lipinski definition) is 3. The van der Waals surface area contributed by atoms with Crippen LogP contribution in [0.5, 0.6) is 0 Å². The fourth-order valence-corrected chi connectivity index (χ4v) is 8.21. The first kappa shape index (κ1) is 63.0. The van der Waals surface area contributed by atoms with Crippen molar-refractivity contribution in [2.45, 2.75) is 39.8 Å². The first-order valence-corrected chi connectivity index (χ1v) is 26.9. The molecule has 0 spiro atoms. The predicted molar refractivity (Wildman–Crippen MR) is 283 cm³/mol. The molecule has 2 amide bonds. The van der Waals surface area contributed by atoms with Crippen molar-refractivity contribution in [3.63, 3.8) is 0 Å². The van der Waals surface area contributed by atoms with Gasteiger partial charge in [-0.05, 0) is 37.9 Å². The Kier molecular flexibility index (Phi) is 31.4. The molecular formula is C53H87N7O16. The van der Waals surface area contributed by atoms with Gasteiger partial charge in [0.1, 0.15) is 17.9 Å². The summed E-state index contributed by atoms with van der Waals surface area (Å²) in [5.41, 5.74) is 9.20. The molecule has 5 rings (SSSR count). The smallest absolute Gasteiger partial charge is 0.253 e. The fraction of sp³-hybridized carbons (Fsp3) is 0.736. The molecule has 0 unspecified atom stereocenters. The van der Waals surface area contributed by atoms with E-state index in [-0.39, 0.29) is 38.2 Å². The van der Waals surface area contributed by atoms with Gasteiger partial charge in [0.15, 0.2) is 5.82 Å². The normalized spacial score (nSPS) is 14.8. The summed E-state index contributed by atoms with van der Waals surface area (Å²) in [6.45, 7) is 21.3. The fourth-order valence-electron chi connectivity index (χ4n) is 8.21. The first-order chi connectivity index (χ1) is 37.2. The van der Waals surface area contributed by atoms with Crippen LogP contribution in [0.2, 0.25) is 0 Å². The van der Waals surface area contributed by atoms with Crippen molar-refractivity contribution in [2.24, 2.45) is 5.41 Å². The number of fused-ring (bicyclic) bond motifs is 3. The number of aromatic nitrogens is 3. The minimum atomic E-state index is -0.746. The second-order valence-corrected chi connectivity index (χ2v) is 18.6. The van der Waals surface area contributed by atoms with Crippen molar-refractivity contribution in [2.75, 3.05) is 217 Å². The number of nitrogens with zero attached hydrogens (tertiary/aromatic N) is 6. The van der Waals surface area contributed by atoms with E-state index in [1.807, 2.05) is 18.4 Å². The van der Waals surface area contributed by atoms with Crippen LogP contribution in [0.3, 0.4) is 0 Å². The lowest BCUT2D eigenvalue weighted by atomic mass is 9.92. The summed E-state index contributed by atoms with van der Waals surface area (Å²) >= 11 is 0. The quantitative estimate of drug-likeness (QED) is 0.0533. The number of imide groups is 1. The largest absolute Gasteiger partial charge is 0.396 e. The molecule has 3 aromatic rings. The highest BCUT2D eigenvalue weighted by Crippen LogP contribution is 2.32. The van der Waals surface area contributed by atoms with Gasteiger partial charge < -0.3 is 82.3 Å². The molecule has 23 heteroatoms. The number of benzene rings is 1. The number of ether oxygens (including phenoxy) is 12. The number of pyridine rings is 1. The van der Waals surface area contributed by atoms with Gasteiger partial charge in [0, 0.05) is 68.8 Å². The van der Waals surface area contributed by atoms with E-state index in [0.29, 0.717) is 176 Å². The van der Waals surface area contributed by atoms with Crippen molar-refractivity contribution < 1.29 is 76.6 Å². The molecule has 1 saturated heterocycles. The summed E-state index contributed by atoms with van der Waals surface area (Å²) in [4.78, 5) is 38.6. The van der Waals surface area contributed by atoms with Gasteiger partial charge in [-0.3, -0.25) is 19.4 Å². The summed E-state index contributed by atoms with van der Waals surface area (Å²) < 4.78 is 68.7. The van der Waals surface area contributed by atoms with Gasteiger partial charge in [0.2, 0.25) is 0 Å². The van der Waals surface area contributed by atoms with E-state index >= 15 is 0 Å². The van der Waals surface area contributed by atoms with E-state index in [1.54, 1.807) is 0 Å². The van der Waals surface area contributed by atoms with Crippen LogP contribution in [-0.2, 0) is 86.0 Å². The molecule has 430 valence electrons. The zero-order valence-corrected chi connectivity index (χ0v) is 45.2.